The van der Waals surface area contributed by atoms with Gasteiger partial charge in [-0.1, -0.05) is 19.1 Å². The number of likely N-dealkylation sites (tertiary alicyclic amines) is 1. The van der Waals surface area contributed by atoms with Gasteiger partial charge in [0.15, 0.2) is 11.5 Å². The molecule has 0 saturated carbocycles. The van der Waals surface area contributed by atoms with Crippen molar-refractivity contribution in [3.63, 3.8) is 0 Å². The number of ketones is 1. The van der Waals surface area contributed by atoms with E-state index in [0.29, 0.717) is 42.1 Å². The topological polar surface area (TPSA) is 118 Å². The number of methoxy groups -OCH3 is 1. The molecule has 1 fully saturated rings. The summed E-state index contributed by atoms with van der Waals surface area (Å²) in [5.74, 6) is 0.819. The number of carbonyl (C=O) groups excluding carboxylic acids is 2. The van der Waals surface area contributed by atoms with E-state index in [1.807, 2.05) is 4.90 Å². The van der Waals surface area contributed by atoms with Gasteiger partial charge in [-0.3, -0.25) is 10.2 Å². The first-order valence-electron chi connectivity index (χ1n) is 10.8. The molecule has 1 heterocycles. The molecule has 0 spiro atoms. The number of nitrogens with one attached hydrogen (secondary N) is 1. The summed E-state index contributed by atoms with van der Waals surface area (Å²) in [6.07, 6.45) is 3.25. The third-order valence-corrected chi connectivity index (χ3v) is 5.31. The lowest BCUT2D eigenvalue weighted by molar-refractivity contribution is -0.117. The molecule has 2 rings (SSSR count). The number of aliphatic hydroxyl groups is 2. The molecule has 1 amide bonds. The van der Waals surface area contributed by atoms with Crippen LogP contribution in [0.3, 0.4) is 0 Å². The Bertz CT molecular complexity index is 784. The van der Waals surface area contributed by atoms with E-state index in [-0.39, 0.29) is 31.6 Å². The van der Waals surface area contributed by atoms with Crippen molar-refractivity contribution in [3.05, 3.63) is 30.4 Å². The van der Waals surface area contributed by atoms with Gasteiger partial charge in [0.2, 0.25) is 0 Å². The largest absolute Gasteiger partial charge is 0.493 e. The molecule has 2 atom stereocenters. The molecular formula is C23H34N2O7. The van der Waals surface area contributed by atoms with Crippen LogP contribution in [0.15, 0.2) is 24.8 Å². The minimum Gasteiger partial charge on any atom is -0.493 e. The number of aliphatic hydroxyl groups excluding tert-OH is 2. The van der Waals surface area contributed by atoms with Crippen LogP contribution >= 0.6 is 0 Å². The van der Waals surface area contributed by atoms with Crippen LogP contribution in [0.1, 0.15) is 50.8 Å². The number of amides is 1. The van der Waals surface area contributed by atoms with Crippen molar-refractivity contribution in [2.24, 2.45) is 0 Å². The van der Waals surface area contributed by atoms with Crippen LogP contribution in [0.4, 0.5) is 10.5 Å². The lowest BCUT2D eigenvalue weighted by atomic mass is 10.00. The molecule has 1 unspecified atom stereocenters. The van der Waals surface area contributed by atoms with Gasteiger partial charge >= 0.3 is 6.09 Å². The SMILES string of the molecule is C=CCOC(=O)Nc1cc(OCCCC(C)=O)c(OC)cc1C(O)N1CCCC[C@H]1CO. The molecule has 0 radical (unpaired) electrons. The van der Waals surface area contributed by atoms with Gasteiger partial charge in [0.25, 0.3) is 0 Å². The standard InChI is InChI=1S/C23H34N2O7/c1-4-11-32-23(29)24-19-14-21(31-12-7-8-16(2)27)20(30-3)13-18(19)22(28)25-10-6-5-9-17(25)15-26/h4,13-14,17,22,26,28H,1,5-12,15H2,2-3H3,(H,24,29)/t17-,22?/m0/s1. The number of benzene rings is 1. The molecule has 1 aromatic carbocycles. The fourth-order valence-corrected chi connectivity index (χ4v) is 3.67. The molecule has 1 aliphatic rings. The van der Waals surface area contributed by atoms with E-state index >= 15 is 0 Å². The van der Waals surface area contributed by atoms with Crippen molar-refractivity contribution in [1.29, 1.82) is 0 Å². The maximum Gasteiger partial charge on any atom is 0.411 e. The highest BCUT2D eigenvalue weighted by atomic mass is 16.5. The van der Waals surface area contributed by atoms with Crippen LogP contribution < -0.4 is 14.8 Å². The minimum atomic E-state index is -1.08. The first-order chi connectivity index (χ1) is 15.4. The Morgan fingerprint density at radius 1 is 1.34 bits per heavy atom. The van der Waals surface area contributed by atoms with E-state index in [2.05, 4.69) is 11.9 Å². The number of hydrogen-bond acceptors (Lipinski definition) is 8. The minimum absolute atomic E-state index is 0.0347. The van der Waals surface area contributed by atoms with Gasteiger partial charge in [-0.2, -0.15) is 0 Å². The van der Waals surface area contributed by atoms with Gasteiger partial charge in [0.1, 0.15) is 18.6 Å². The molecule has 32 heavy (non-hydrogen) atoms. The highest BCUT2D eigenvalue weighted by Gasteiger charge is 2.31. The number of nitrogens with zero attached hydrogens (tertiary/aromatic N) is 1. The first-order valence-corrected chi connectivity index (χ1v) is 10.8. The molecule has 1 saturated heterocycles. The molecule has 0 aromatic heterocycles. The zero-order valence-corrected chi connectivity index (χ0v) is 18.8. The maximum absolute atomic E-state index is 12.2. The average Bonchev–Trinajstić information content (AvgIpc) is 2.79. The van der Waals surface area contributed by atoms with E-state index < -0.39 is 12.3 Å². The number of anilines is 1. The normalized spacial score (nSPS) is 17.3. The van der Waals surface area contributed by atoms with Crippen LogP contribution in [0.2, 0.25) is 0 Å². The summed E-state index contributed by atoms with van der Waals surface area (Å²) in [5.41, 5.74) is 0.699. The summed E-state index contributed by atoms with van der Waals surface area (Å²) in [5, 5.41) is 23.6. The predicted molar refractivity (Wildman–Crippen MR) is 120 cm³/mol. The lowest BCUT2D eigenvalue weighted by Gasteiger charge is -2.38. The third-order valence-electron chi connectivity index (χ3n) is 5.31. The lowest BCUT2D eigenvalue weighted by Crippen LogP contribution is -2.44. The Hall–Kier alpha value is -2.62. The van der Waals surface area contributed by atoms with Gasteiger partial charge in [-0.25, -0.2) is 4.79 Å². The molecular weight excluding hydrogens is 416 g/mol. The van der Waals surface area contributed by atoms with E-state index in [1.165, 1.54) is 20.1 Å². The Labute approximate surface area is 189 Å². The summed E-state index contributed by atoms with van der Waals surface area (Å²) in [6, 6.07) is 2.99. The van der Waals surface area contributed by atoms with Gasteiger partial charge < -0.3 is 29.2 Å². The van der Waals surface area contributed by atoms with Crippen LogP contribution in [-0.4, -0.2) is 66.5 Å². The maximum atomic E-state index is 12.2. The number of piperidine rings is 1. The van der Waals surface area contributed by atoms with Gasteiger partial charge in [0.05, 0.1) is 26.0 Å². The van der Waals surface area contributed by atoms with Crippen molar-refractivity contribution >= 4 is 17.6 Å². The number of ether oxygens (including phenoxy) is 3. The smallest absolute Gasteiger partial charge is 0.411 e. The van der Waals surface area contributed by atoms with E-state index in [0.717, 1.165) is 19.3 Å². The Morgan fingerprint density at radius 3 is 2.78 bits per heavy atom. The highest BCUT2D eigenvalue weighted by Crippen LogP contribution is 2.39. The number of hydrogen-bond donors (Lipinski definition) is 3. The van der Waals surface area contributed by atoms with Crippen LogP contribution in [0.25, 0.3) is 0 Å². The Kier molecular flexibility index (Phi) is 10.5. The highest BCUT2D eigenvalue weighted by molar-refractivity contribution is 5.86. The van der Waals surface area contributed by atoms with Crippen LogP contribution in [0.5, 0.6) is 11.5 Å². The number of carbonyl (C=O) groups is 2. The quantitative estimate of drug-likeness (QED) is 0.329. The fraction of sp³-hybridized carbons (Fsp3) is 0.565. The molecule has 0 aliphatic carbocycles. The van der Waals surface area contributed by atoms with Crippen LogP contribution in [0, 0.1) is 0 Å². The second-order valence-electron chi connectivity index (χ2n) is 7.70. The molecule has 3 N–H and O–H groups in total. The van der Waals surface area contributed by atoms with Gasteiger partial charge in [0, 0.05) is 30.6 Å². The van der Waals surface area contributed by atoms with Crippen molar-refractivity contribution in [3.8, 4) is 11.5 Å². The Morgan fingerprint density at radius 2 is 2.12 bits per heavy atom. The van der Waals surface area contributed by atoms with E-state index in [9.17, 15) is 19.8 Å². The summed E-state index contributed by atoms with van der Waals surface area (Å²) in [6.45, 7) is 5.90. The monoisotopic (exact) mass is 450 g/mol. The first kappa shape index (κ1) is 25.6. The summed E-state index contributed by atoms with van der Waals surface area (Å²) in [7, 11) is 1.48. The zero-order valence-electron chi connectivity index (χ0n) is 18.8. The number of rotatable bonds is 12. The fourth-order valence-electron chi connectivity index (χ4n) is 3.67. The summed E-state index contributed by atoms with van der Waals surface area (Å²) in [4.78, 5) is 25.2. The van der Waals surface area contributed by atoms with Gasteiger partial charge in [-0.05, 0) is 32.3 Å². The van der Waals surface area contributed by atoms with E-state index in [1.54, 1.807) is 12.1 Å². The van der Waals surface area contributed by atoms with Crippen LogP contribution in [-0.2, 0) is 9.53 Å². The van der Waals surface area contributed by atoms with Crippen molar-refractivity contribution in [1.82, 2.24) is 4.90 Å². The molecule has 1 aliphatic heterocycles. The van der Waals surface area contributed by atoms with Gasteiger partial charge in [-0.15, -0.1) is 0 Å². The summed E-state index contributed by atoms with van der Waals surface area (Å²) < 4.78 is 16.3. The zero-order chi connectivity index (χ0) is 23.5. The second kappa shape index (κ2) is 13.0. The van der Waals surface area contributed by atoms with Crippen molar-refractivity contribution < 1.29 is 34.0 Å². The molecule has 178 valence electrons. The van der Waals surface area contributed by atoms with E-state index in [4.69, 9.17) is 14.2 Å². The third kappa shape index (κ3) is 7.22. The van der Waals surface area contributed by atoms with Crippen molar-refractivity contribution in [2.45, 2.75) is 51.3 Å². The summed E-state index contributed by atoms with van der Waals surface area (Å²) >= 11 is 0. The van der Waals surface area contributed by atoms with Crippen molar-refractivity contribution in [2.75, 3.05) is 38.8 Å². The number of Topliss-reactive ketones (excluding diaryl/α,β-unsaturated/α-hetero) is 1. The molecule has 1 aromatic rings. The second-order valence-corrected chi connectivity index (χ2v) is 7.70. The molecule has 0 bridgehead atoms. The predicted octanol–water partition coefficient (Wildman–Crippen LogP) is 3.02. The average molecular weight is 451 g/mol. The molecule has 9 nitrogen and oxygen atoms in total. The molecule has 9 heteroatoms. The Balaban J connectivity index is 2.34.